The molecule has 172 valence electrons. The number of para-hydroxylation sites is 1. The van der Waals surface area contributed by atoms with E-state index in [0.29, 0.717) is 27.7 Å². The first-order chi connectivity index (χ1) is 16.6. The van der Waals surface area contributed by atoms with Gasteiger partial charge < -0.3 is 14.6 Å². The number of benzene rings is 2. The number of aromatic nitrogens is 2. The van der Waals surface area contributed by atoms with Crippen LogP contribution in [0.25, 0.3) is 11.0 Å². The molecule has 34 heavy (non-hydrogen) atoms. The second-order valence-electron chi connectivity index (χ2n) is 8.16. The van der Waals surface area contributed by atoms with Gasteiger partial charge in [-0.05, 0) is 49.6 Å². The Morgan fingerprint density at radius 1 is 1.03 bits per heavy atom. The van der Waals surface area contributed by atoms with Crippen molar-refractivity contribution in [2.24, 2.45) is 0 Å². The number of hydrogen-bond acceptors (Lipinski definition) is 6. The Balaban J connectivity index is 1.43. The van der Waals surface area contributed by atoms with E-state index >= 15 is 0 Å². The van der Waals surface area contributed by atoms with Gasteiger partial charge in [-0.2, -0.15) is 0 Å². The molecule has 0 unspecified atom stereocenters. The highest BCUT2D eigenvalue weighted by Crippen LogP contribution is 2.32. The van der Waals surface area contributed by atoms with Crippen molar-refractivity contribution in [3.8, 4) is 0 Å². The number of fused-ring (bicyclic) bond motifs is 1. The van der Waals surface area contributed by atoms with Crippen molar-refractivity contribution in [2.75, 3.05) is 18.4 Å². The van der Waals surface area contributed by atoms with Crippen LogP contribution in [0, 0.1) is 6.92 Å². The number of amides is 2. The molecule has 1 saturated heterocycles. The van der Waals surface area contributed by atoms with Gasteiger partial charge in [0.25, 0.3) is 11.8 Å². The number of furan rings is 1. The van der Waals surface area contributed by atoms with E-state index in [-0.39, 0.29) is 17.6 Å². The van der Waals surface area contributed by atoms with Crippen LogP contribution in [-0.4, -0.2) is 39.8 Å². The zero-order valence-corrected chi connectivity index (χ0v) is 19.6. The van der Waals surface area contributed by atoms with E-state index in [1.54, 1.807) is 24.5 Å². The average Bonchev–Trinajstić information content (AvgIpc) is 3.53. The van der Waals surface area contributed by atoms with Gasteiger partial charge in [0.15, 0.2) is 10.9 Å². The standard InChI is InChI=1S/C26H24N4O3S/c1-17-18(25(32)30-14-4-5-15-30)9-6-10-21(17)29-24(31)23-20(16-34-26-27-12-7-13-28-26)19-8-2-3-11-22(19)33-23/h2-3,6-13H,4-5,14-16H2,1H3,(H,29,31). The molecule has 2 aromatic heterocycles. The number of thioether (sulfide) groups is 1. The lowest BCUT2D eigenvalue weighted by atomic mass is 10.0. The lowest BCUT2D eigenvalue weighted by Crippen LogP contribution is -2.28. The summed E-state index contributed by atoms with van der Waals surface area (Å²) < 4.78 is 5.98. The van der Waals surface area contributed by atoms with Crippen LogP contribution in [0.3, 0.4) is 0 Å². The van der Waals surface area contributed by atoms with E-state index in [1.807, 2.05) is 48.2 Å². The van der Waals surface area contributed by atoms with Gasteiger partial charge in [0.2, 0.25) is 0 Å². The summed E-state index contributed by atoms with van der Waals surface area (Å²) in [5, 5.41) is 4.48. The molecule has 0 radical (unpaired) electrons. The van der Waals surface area contributed by atoms with Gasteiger partial charge >= 0.3 is 0 Å². The van der Waals surface area contributed by atoms with Crippen LogP contribution < -0.4 is 5.32 Å². The molecule has 1 N–H and O–H groups in total. The SMILES string of the molecule is Cc1c(NC(=O)c2oc3ccccc3c2CSc2ncccn2)cccc1C(=O)N1CCCC1. The molecule has 4 aromatic rings. The Kier molecular flexibility index (Phi) is 6.31. The van der Waals surface area contributed by atoms with Crippen LogP contribution in [0.4, 0.5) is 5.69 Å². The minimum atomic E-state index is -0.352. The summed E-state index contributed by atoms with van der Waals surface area (Å²) in [5.74, 6) is 0.390. The van der Waals surface area contributed by atoms with Crippen LogP contribution in [0.15, 0.2) is 70.5 Å². The molecule has 1 fully saturated rings. The molecular formula is C26H24N4O3S. The highest BCUT2D eigenvalue weighted by molar-refractivity contribution is 7.98. The summed E-state index contributed by atoms with van der Waals surface area (Å²) >= 11 is 1.44. The molecule has 2 amide bonds. The van der Waals surface area contributed by atoms with Gasteiger partial charge in [0.1, 0.15) is 5.58 Å². The van der Waals surface area contributed by atoms with E-state index in [9.17, 15) is 9.59 Å². The topological polar surface area (TPSA) is 88.3 Å². The van der Waals surface area contributed by atoms with E-state index in [4.69, 9.17) is 4.42 Å². The largest absolute Gasteiger partial charge is 0.451 e. The molecule has 7 nitrogen and oxygen atoms in total. The number of anilines is 1. The van der Waals surface area contributed by atoms with Crippen LogP contribution in [0.5, 0.6) is 0 Å². The number of carbonyl (C=O) groups excluding carboxylic acids is 2. The maximum absolute atomic E-state index is 13.4. The molecule has 0 aliphatic carbocycles. The minimum absolute atomic E-state index is 0.00906. The van der Waals surface area contributed by atoms with Gasteiger partial charge in [-0.25, -0.2) is 9.97 Å². The van der Waals surface area contributed by atoms with E-state index in [1.165, 1.54) is 11.8 Å². The number of hydrogen-bond donors (Lipinski definition) is 1. The Bertz CT molecular complexity index is 1350. The molecule has 0 saturated carbocycles. The third-order valence-electron chi connectivity index (χ3n) is 6.00. The molecule has 8 heteroatoms. The molecule has 2 aromatic carbocycles. The Labute approximate surface area is 201 Å². The van der Waals surface area contributed by atoms with Crippen molar-refractivity contribution in [2.45, 2.75) is 30.7 Å². The van der Waals surface area contributed by atoms with Crippen LogP contribution >= 0.6 is 11.8 Å². The Hall–Kier alpha value is -3.65. The number of likely N-dealkylation sites (tertiary alicyclic amines) is 1. The van der Waals surface area contributed by atoms with Crippen molar-refractivity contribution in [3.05, 3.63) is 83.4 Å². The molecule has 1 aliphatic heterocycles. The molecule has 5 rings (SSSR count). The fraction of sp³-hybridized carbons (Fsp3) is 0.231. The zero-order chi connectivity index (χ0) is 23.5. The van der Waals surface area contributed by atoms with Gasteiger partial charge in [0.05, 0.1) is 0 Å². The summed E-state index contributed by atoms with van der Waals surface area (Å²) in [6.07, 6.45) is 5.44. The van der Waals surface area contributed by atoms with Crippen LogP contribution in [0.1, 0.15) is 44.9 Å². The Morgan fingerprint density at radius 3 is 2.59 bits per heavy atom. The van der Waals surface area contributed by atoms with Crippen molar-refractivity contribution in [1.29, 1.82) is 0 Å². The minimum Gasteiger partial charge on any atom is -0.451 e. The maximum atomic E-state index is 13.4. The molecule has 3 heterocycles. The third-order valence-corrected chi connectivity index (χ3v) is 6.90. The lowest BCUT2D eigenvalue weighted by Gasteiger charge is -2.18. The van der Waals surface area contributed by atoms with E-state index in [2.05, 4.69) is 15.3 Å². The van der Waals surface area contributed by atoms with E-state index in [0.717, 1.165) is 42.4 Å². The monoisotopic (exact) mass is 472 g/mol. The number of nitrogens with one attached hydrogen (secondary N) is 1. The first-order valence-electron chi connectivity index (χ1n) is 11.2. The second-order valence-corrected chi connectivity index (χ2v) is 9.10. The van der Waals surface area contributed by atoms with Crippen LogP contribution in [-0.2, 0) is 5.75 Å². The predicted octanol–water partition coefficient (Wildman–Crippen LogP) is 5.31. The highest BCUT2D eigenvalue weighted by atomic mass is 32.2. The zero-order valence-electron chi connectivity index (χ0n) is 18.8. The maximum Gasteiger partial charge on any atom is 0.291 e. The van der Waals surface area contributed by atoms with Gasteiger partial charge in [-0.15, -0.1) is 0 Å². The third kappa shape index (κ3) is 4.41. The summed E-state index contributed by atoms with van der Waals surface area (Å²) in [7, 11) is 0. The fourth-order valence-electron chi connectivity index (χ4n) is 4.19. The predicted molar refractivity (Wildman–Crippen MR) is 132 cm³/mol. The molecule has 0 spiro atoms. The summed E-state index contributed by atoms with van der Waals surface area (Å²) in [6.45, 7) is 3.42. The molecule has 0 bridgehead atoms. The Morgan fingerprint density at radius 2 is 1.79 bits per heavy atom. The number of nitrogens with zero attached hydrogens (tertiary/aromatic N) is 3. The first-order valence-corrected chi connectivity index (χ1v) is 12.2. The van der Waals surface area contributed by atoms with E-state index < -0.39 is 0 Å². The quantitative estimate of drug-likeness (QED) is 0.302. The number of rotatable bonds is 6. The van der Waals surface area contributed by atoms with Crippen molar-refractivity contribution in [3.63, 3.8) is 0 Å². The average molecular weight is 473 g/mol. The van der Waals surface area contributed by atoms with Crippen LogP contribution in [0.2, 0.25) is 0 Å². The summed E-state index contributed by atoms with van der Waals surface area (Å²) in [6, 6.07) is 14.8. The first kappa shape index (κ1) is 22.2. The summed E-state index contributed by atoms with van der Waals surface area (Å²) in [5.41, 5.74) is 3.39. The normalized spacial score (nSPS) is 13.4. The number of carbonyl (C=O) groups is 2. The molecule has 1 aliphatic rings. The highest BCUT2D eigenvalue weighted by Gasteiger charge is 2.24. The molecular weight excluding hydrogens is 448 g/mol. The molecule has 0 atom stereocenters. The lowest BCUT2D eigenvalue weighted by molar-refractivity contribution is 0.0791. The van der Waals surface area contributed by atoms with Gasteiger partial charge in [0, 0.05) is 53.4 Å². The van der Waals surface area contributed by atoms with Crippen molar-refractivity contribution < 1.29 is 14.0 Å². The van der Waals surface area contributed by atoms with Crippen molar-refractivity contribution >= 4 is 40.2 Å². The fourth-order valence-corrected chi connectivity index (χ4v) is 5.03. The summed E-state index contributed by atoms with van der Waals surface area (Å²) in [4.78, 5) is 36.7. The van der Waals surface area contributed by atoms with Gasteiger partial charge in [-0.3, -0.25) is 9.59 Å². The van der Waals surface area contributed by atoms with Gasteiger partial charge in [-0.1, -0.05) is 36.0 Å². The van der Waals surface area contributed by atoms with Crippen molar-refractivity contribution in [1.82, 2.24) is 14.9 Å². The second kappa shape index (κ2) is 9.69. The smallest absolute Gasteiger partial charge is 0.291 e.